The quantitative estimate of drug-likeness (QED) is 0.595. The Labute approximate surface area is 133 Å². The predicted molar refractivity (Wildman–Crippen MR) is 85.7 cm³/mol. The molecule has 0 heterocycles. The van der Waals surface area contributed by atoms with Gasteiger partial charge in [-0.3, -0.25) is 0 Å². The molecule has 0 radical (unpaired) electrons. The van der Waals surface area contributed by atoms with Crippen LogP contribution in [0.5, 0.6) is 0 Å². The zero-order valence-corrected chi connectivity index (χ0v) is 14.3. The minimum Gasteiger partial charge on any atom is -0.444 e. The SMILES string of the molecule is CC(CO)(CO)NC1CCCCC1CNC(=O)OC(C)(C)C. The normalized spacial score (nSPS) is 23.2. The van der Waals surface area contributed by atoms with Crippen LogP contribution in [0.2, 0.25) is 0 Å². The predicted octanol–water partition coefficient (Wildman–Crippen LogP) is 1.40. The molecule has 1 aliphatic rings. The first-order valence-electron chi connectivity index (χ1n) is 8.15. The van der Waals surface area contributed by atoms with Gasteiger partial charge in [-0.05, 0) is 46.5 Å². The lowest BCUT2D eigenvalue weighted by molar-refractivity contribution is 0.0490. The number of aliphatic hydroxyl groups is 2. The van der Waals surface area contributed by atoms with Crippen molar-refractivity contribution in [3.05, 3.63) is 0 Å². The van der Waals surface area contributed by atoms with Gasteiger partial charge in [0.15, 0.2) is 0 Å². The number of carbonyl (C=O) groups is 1. The van der Waals surface area contributed by atoms with E-state index in [2.05, 4.69) is 10.6 Å². The van der Waals surface area contributed by atoms with Gasteiger partial charge >= 0.3 is 6.09 Å². The summed E-state index contributed by atoms with van der Waals surface area (Å²) in [6.45, 7) is 7.63. The van der Waals surface area contributed by atoms with E-state index in [1.807, 2.05) is 20.8 Å². The molecule has 1 fully saturated rings. The van der Waals surface area contributed by atoms with Gasteiger partial charge in [-0.1, -0.05) is 12.8 Å². The van der Waals surface area contributed by atoms with Crippen LogP contribution in [0.25, 0.3) is 0 Å². The zero-order chi connectivity index (χ0) is 16.8. The number of hydrogen-bond donors (Lipinski definition) is 4. The van der Waals surface area contributed by atoms with Crippen LogP contribution < -0.4 is 10.6 Å². The highest BCUT2D eigenvalue weighted by molar-refractivity contribution is 5.67. The van der Waals surface area contributed by atoms with Crippen LogP contribution >= 0.6 is 0 Å². The third kappa shape index (κ3) is 6.50. The molecule has 130 valence electrons. The van der Waals surface area contributed by atoms with E-state index in [0.717, 1.165) is 25.7 Å². The number of ether oxygens (including phenoxy) is 1. The van der Waals surface area contributed by atoms with Crippen molar-refractivity contribution in [3.63, 3.8) is 0 Å². The van der Waals surface area contributed by atoms with Gasteiger partial charge in [0.2, 0.25) is 0 Å². The van der Waals surface area contributed by atoms with Crippen LogP contribution in [0.1, 0.15) is 53.4 Å². The van der Waals surface area contributed by atoms with Crippen LogP contribution in [0.3, 0.4) is 0 Å². The summed E-state index contributed by atoms with van der Waals surface area (Å²) in [4.78, 5) is 11.8. The molecule has 1 saturated carbocycles. The Morgan fingerprint density at radius 3 is 2.27 bits per heavy atom. The molecule has 0 bridgehead atoms. The van der Waals surface area contributed by atoms with E-state index in [1.165, 1.54) is 0 Å². The maximum atomic E-state index is 11.8. The molecular formula is C16H32N2O4. The highest BCUT2D eigenvalue weighted by Gasteiger charge is 2.32. The maximum Gasteiger partial charge on any atom is 0.407 e. The van der Waals surface area contributed by atoms with Crippen molar-refractivity contribution in [2.75, 3.05) is 19.8 Å². The molecule has 2 unspecified atom stereocenters. The van der Waals surface area contributed by atoms with Crippen molar-refractivity contribution in [2.24, 2.45) is 5.92 Å². The Morgan fingerprint density at radius 2 is 1.73 bits per heavy atom. The van der Waals surface area contributed by atoms with Crippen LogP contribution in [0, 0.1) is 5.92 Å². The molecule has 0 saturated heterocycles. The van der Waals surface area contributed by atoms with E-state index < -0.39 is 17.2 Å². The van der Waals surface area contributed by atoms with Crippen molar-refractivity contribution >= 4 is 6.09 Å². The lowest BCUT2D eigenvalue weighted by atomic mass is 9.83. The van der Waals surface area contributed by atoms with E-state index in [4.69, 9.17) is 4.74 Å². The molecule has 2 atom stereocenters. The minimum absolute atomic E-state index is 0.119. The second-order valence-corrected chi connectivity index (χ2v) is 7.56. The third-order valence-corrected chi connectivity index (χ3v) is 4.05. The van der Waals surface area contributed by atoms with E-state index >= 15 is 0 Å². The number of hydrogen-bond acceptors (Lipinski definition) is 5. The number of rotatable bonds is 6. The van der Waals surface area contributed by atoms with E-state index in [0.29, 0.717) is 6.54 Å². The van der Waals surface area contributed by atoms with Gasteiger partial charge in [0.05, 0.1) is 18.8 Å². The average Bonchev–Trinajstić information content (AvgIpc) is 2.44. The number of aliphatic hydroxyl groups excluding tert-OH is 2. The molecule has 0 aromatic carbocycles. The molecule has 1 amide bonds. The minimum atomic E-state index is -0.688. The third-order valence-electron chi connectivity index (χ3n) is 4.05. The molecule has 6 heteroatoms. The smallest absolute Gasteiger partial charge is 0.407 e. The fourth-order valence-corrected chi connectivity index (χ4v) is 2.76. The van der Waals surface area contributed by atoms with Crippen LogP contribution in [-0.2, 0) is 4.74 Å². The second-order valence-electron chi connectivity index (χ2n) is 7.56. The standard InChI is InChI=1S/C16H32N2O4/c1-15(2,3)22-14(21)17-9-12-7-5-6-8-13(12)18-16(4,10-19)11-20/h12-13,18-20H,5-11H2,1-4H3,(H,17,21). The number of carbonyl (C=O) groups excluding carboxylic acids is 1. The Hall–Kier alpha value is -0.850. The maximum absolute atomic E-state index is 11.8. The number of alkyl carbamates (subject to hydrolysis) is 1. The lowest BCUT2D eigenvalue weighted by Gasteiger charge is -2.39. The summed E-state index contributed by atoms with van der Waals surface area (Å²) in [5, 5.41) is 25.1. The van der Waals surface area contributed by atoms with Crippen molar-refractivity contribution in [2.45, 2.75) is 70.6 Å². The van der Waals surface area contributed by atoms with E-state index in [9.17, 15) is 15.0 Å². The first kappa shape index (κ1) is 19.2. The molecule has 4 N–H and O–H groups in total. The largest absolute Gasteiger partial charge is 0.444 e. The lowest BCUT2D eigenvalue weighted by Crippen LogP contribution is -2.57. The molecule has 0 spiro atoms. The Balaban J connectivity index is 2.53. The Bertz CT molecular complexity index is 351. The summed E-state index contributed by atoms with van der Waals surface area (Å²) >= 11 is 0. The first-order chi connectivity index (χ1) is 10.2. The number of nitrogens with one attached hydrogen (secondary N) is 2. The second kappa shape index (κ2) is 8.13. The van der Waals surface area contributed by atoms with Gasteiger partial charge in [-0.25, -0.2) is 4.79 Å². The molecule has 1 aliphatic carbocycles. The summed E-state index contributed by atoms with van der Waals surface area (Å²) in [5.74, 6) is 0.277. The summed E-state index contributed by atoms with van der Waals surface area (Å²) in [6, 6.07) is 0.174. The highest BCUT2D eigenvalue weighted by atomic mass is 16.6. The van der Waals surface area contributed by atoms with E-state index in [1.54, 1.807) is 6.92 Å². The van der Waals surface area contributed by atoms with Gasteiger partial charge in [0, 0.05) is 12.6 Å². The molecule has 0 aromatic rings. The fourth-order valence-electron chi connectivity index (χ4n) is 2.76. The first-order valence-corrected chi connectivity index (χ1v) is 8.15. The molecule has 1 rings (SSSR count). The molecule has 22 heavy (non-hydrogen) atoms. The molecule has 0 aliphatic heterocycles. The summed E-state index contributed by atoms with van der Waals surface area (Å²) in [5.41, 5.74) is -1.19. The monoisotopic (exact) mass is 316 g/mol. The van der Waals surface area contributed by atoms with E-state index in [-0.39, 0.29) is 25.2 Å². The Kier molecular flexibility index (Phi) is 7.09. The fraction of sp³-hybridized carbons (Fsp3) is 0.938. The summed E-state index contributed by atoms with van der Waals surface area (Å²) in [7, 11) is 0. The van der Waals surface area contributed by atoms with Crippen molar-refractivity contribution in [3.8, 4) is 0 Å². The van der Waals surface area contributed by atoms with Crippen molar-refractivity contribution in [1.82, 2.24) is 10.6 Å². The Morgan fingerprint density at radius 1 is 1.14 bits per heavy atom. The molecule has 6 nitrogen and oxygen atoms in total. The van der Waals surface area contributed by atoms with Crippen molar-refractivity contribution < 1.29 is 19.7 Å². The van der Waals surface area contributed by atoms with Crippen LogP contribution in [-0.4, -0.2) is 53.2 Å². The topological polar surface area (TPSA) is 90.8 Å². The number of amides is 1. The molecular weight excluding hydrogens is 284 g/mol. The average molecular weight is 316 g/mol. The van der Waals surface area contributed by atoms with Gasteiger partial charge in [0.25, 0.3) is 0 Å². The summed E-state index contributed by atoms with van der Waals surface area (Å²) in [6.07, 6.45) is 3.85. The van der Waals surface area contributed by atoms with Gasteiger partial charge in [0.1, 0.15) is 5.60 Å². The van der Waals surface area contributed by atoms with Crippen LogP contribution in [0.15, 0.2) is 0 Å². The van der Waals surface area contributed by atoms with Crippen LogP contribution in [0.4, 0.5) is 4.79 Å². The van der Waals surface area contributed by atoms with Gasteiger partial charge in [-0.15, -0.1) is 0 Å². The molecule has 0 aromatic heterocycles. The zero-order valence-electron chi connectivity index (χ0n) is 14.3. The summed E-state index contributed by atoms with van der Waals surface area (Å²) < 4.78 is 5.26. The van der Waals surface area contributed by atoms with Gasteiger partial charge < -0.3 is 25.6 Å². The van der Waals surface area contributed by atoms with Gasteiger partial charge in [-0.2, -0.15) is 0 Å². The van der Waals surface area contributed by atoms with Crippen molar-refractivity contribution in [1.29, 1.82) is 0 Å². The highest BCUT2D eigenvalue weighted by Crippen LogP contribution is 2.25.